The SMILES string of the molecule is NN=Nc1nc(N=NN)c(C(=O)N=C2N(N)CC3(CCN(C(=O)c4ccc5c(c4)c4c(n5N)CCCC4)CC3)N2N)nc1Cl. The van der Waals surface area contributed by atoms with Crippen molar-refractivity contribution in [1.82, 2.24) is 29.6 Å². The topological polar surface area (TPSA) is 266 Å². The number of hydrazine groups is 2. The summed E-state index contributed by atoms with van der Waals surface area (Å²) in [7, 11) is 0. The molecule has 0 unspecified atom stereocenters. The predicted octanol–water partition coefficient (Wildman–Crippen LogP) is 1.13. The van der Waals surface area contributed by atoms with Gasteiger partial charge in [0.15, 0.2) is 10.8 Å². The van der Waals surface area contributed by atoms with Crippen LogP contribution in [0.25, 0.3) is 10.9 Å². The number of hydrogen-bond donors (Lipinski definition) is 5. The van der Waals surface area contributed by atoms with Crippen LogP contribution in [0.3, 0.4) is 0 Å². The number of piperidine rings is 1. The molecule has 10 N–H and O–H groups in total. The summed E-state index contributed by atoms with van der Waals surface area (Å²) in [4.78, 5) is 40.6. The quantitative estimate of drug-likeness (QED) is 0.156. The van der Waals surface area contributed by atoms with Crippen molar-refractivity contribution >= 4 is 51.9 Å². The van der Waals surface area contributed by atoms with Crippen molar-refractivity contribution in [3.05, 3.63) is 45.9 Å². The molecule has 3 aliphatic rings. The number of carbonyl (C=O) groups excluding carboxylic acids is 2. The first-order valence-electron chi connectivity index (χ1n) is 13.9. The monoisotopic (exact) mass is 622 g/mol. The average Bonchev–Trinajstić information content (AvgIpc) is 3.43. The molecule has 0 bridgehead atoms. The van der Waals surface area contributed by atoms with Crippen LogP contribution in [0.5, 0.6) is 0 Å². The van der Waals surface area contributed by atoms with Crippen molar-refractivity contribution in [2.45, 2.75) is 44.1 Å². The number of nitrogens with zero attached hydrogens (tertiary/aromatic N) is 11. The molecule has 230 valence electrons. The molecule has 19 heteroatoms. The standard InChI is InChI=1S/C25H31ClN16O2/c26-19-21(36-38-28)33-20(35-37-27)18(32-19)22(43)34-24-40(29)12-25(42(24)31)7-9-39(10-8-25)23(44)13-5-6-17-15(11-13)14-3-1-2-4-16(14)41(17)30/h5-6,11H,1-4,7-10,12,29-31H2,(H4,27,28,33,35,36). The first-order valence-corrected chi connectivity index (χ1v) is 14.3. The van der Waals surface area contributed by atoms with E-state index >= 15 is 0 Å². The van der Waals surface area contributed by atoms with Gasteiger partial charge in [0.05, 0.1) is 17.6 Å². The minimum atomic E-state index is -0.896. The lowest BCUT2D eigenvalue weighted by molar-refractivity contribution is 0.0538. The fraction of sp³-hybridized carbons (Fsp3) is 0.400. The molecule has 4 heterocycles. The van der Waals surface area contributed by atoms with Gasteiger partial charge in [0, 0.05) is 29.7 Å². The fourth-order valence-electron chi connectivity index (χ4n) is 6.28. The molecule has 6 rings (SSSR count). The lowest BCUT2D eigenvalue weighted by atomic mass is 9.87. The van der Waals surface area contributed by atoms with Gasteiger partial charge >= 0.3 is 5.91 Å². The van der Waals surface area contributed by atoms with Crippen LogP contribution in [-0.2, 0) is 12.8 Å². The molecule has 1 aromatic carbocycles. The van der Waals surface area contributed by atoms with Crippen LogP contribution in [0.1, 0.15) is 57.8 Å². The largest absolute Gasteiger partial charge is 0.339 e. The number of nitrogen functional groups attached to an aromatic ring is 1. The predicted molar refractivity (Wildman–Crippen MR) is 160 cm³/mol. The Kier molecular flexibility index (Phi) is 7.48. The highest BCUT2D eigenvalue weighted by atomic mass is 35.5. The molecule has 0 atom stereocenters. The number of aromatic nitrogens is 3. The van der Waals surface area contributed by atoms with Crippen LogP contribution < -0.4 is 29.2 Å². The number of hydrogen-bond acceptors (Lipinski definition) is 11. The molecule has 2 aromatic heterocycles. The third kappa shape index (κ3) is 4.81. The minimum absolute atomic E-state index is 0.00409. The van der Waals surface area contributed by atoms with E-state index in [0.717, 1.165) is 42.3 Å². The zero-order valence-electron chi connectivity index (χ0n) is 23.6. The Labute approximate surface area is 255 Å². The Bertz CT molecular complexity index is 1740. The lowest BCUT2D eigenvalue weighted by Gasteiger charge is -2.42. The highest BCUT2D eigenvalue weighted by molar-refractivity contribution is 6.31. The molecule has 44 heavy (non-hydrogen) atoms. The lowest BCUT2D eigenvalue weighted by Crippen LogP contribution is -2.58. The summed E-state index contributed by atoms with van der Waals surface area (Å²) in [6.07, 6.45) is 5.10. The van der Waals surface area contributed by atoms with E-state index in [0.29, 0.717) is 31.5 Å². The van der Waals surface area contributed by atoms with Gasteiger partial charge in [-0.1, -0.05) is 22.0 Å². The number of carbonyl (C=O) groups is 2. The van der Waals surface area contributed by atoms with Crippen LogP contribution in [0.4, 0.5) is 11.6 Å². The normalized spacial score (nSPS) is 19.2. The van der Waals surface area contributed by atoms with E-state index in [1.54, 1.807) is 9.58 Å². The van der Waals surface area contributed by atoms with E-state index in [-0.39, 0.29) is 40.9 Å². The van der Waals surface area contributed by atoms with Gasteiger partial charge in [0.25, 0.3) is 5.91 Å². The second-order valence-electron chi connectivity index (χ2n) is 10.9. The molecule has 0 radical (unpaired) electrons. The van der Waals surface area contributed by atoms with Crippen LogP contribution in [0, 0.1) is 0 Å². The van der Waals surface area contributed by atoms with Crippen LogP contribution in [-0.4, -0.2) is 72.5 Å². The van der Waals surface area contributed by atoms with E-state index in [4.69, 9.17) is 40.8 Å². The number of amides is 2. The summed E-state index contributed by atoms with van der Waals surface area (Å²) in [5.74, 6) is 27.9. The molecule has 2 amide bonds. The highest BCUT2D eigenvalue weighted by Crippen LogP contribution is 2.35. The van der Waals surface area contributed by atoms with Crippen LogP contribution in [0.2, 0.25) is 5.15 Å². The van der Waals surface area contributed by atoms with E-state index in [1.807, 2.05) is 18.2 Å². The number of benzene rings is 1. The summed E-state index contributed by atoms with van der Waals surface area (Å²) in [6, 6.07) is 5.70. The maximum Gasteiger partial charge on any atom is 0.302 e. The molecule has 3 aromatic rings. The maximum atomic E-state index is 13.6. The van der Waals surface area contributed by atoms with E-state index in [1.165, 1.54) is 15.6 Å². The Morgan fingerprint density at radius 3 is 2.39 bits per heavy atom. The van der Waals surface area contributed by atoms with Crippen LogP contribution in [0.15, 0.2) is 43.9 Å². The molecular weight excluding hydrogens is 592 g/mol. The Morgan fingerprint density at radius 1 is 0.955 bits per heavy atom. The van der Waals surface area contributed by atoms with Crippen LogP contribution >= 0.6 is 11.6 Å². The zero-order valence-corrected chi connectivity index (χ0v) is 24.4. The molecule has 0 saturated carbocycles. The van der Waals surface area contributed by atoms with E-state index in [2.05, 4.69) is 35.6 Å². The Balaban J connectivity index is 1.19. The van der Waals surface area contributed by atoms with Gasteiger partial charge in [-0.05, 0) is 62.3 Å². The molecular formula is C25H31ClN16O2. The molecule has 18 nitrogen and oxygen atoms in total. The van der Waals surface area contributed by atoms with Crippen molar-refractivity contribution in [2.24, 2.45) is 49.0 Å². The number of nitrogens with two attached hydrogens (primary N) is 5. The number of aliphatic imine (C=N–C) groups is 1. The number of rotatable bonds is 4. The Hall–Kier alpha value is -4.94. The van der Waals surface area contributed by atoms with Crippen molar-refractivity contribution in [1.29, 1.82) is 0 Å². The zero-order chi connectivity index (χ0) is 31.2. The summed E-state index contributed by atoms with van der Waals surface area (Å²) in [5.41, 5.74) is 2.90. The van der Waals surface area contributed by atoms with Crippen molar-refractivity contribution in [2.75, 3.05) is 25.5 Å². The molecule has 2 saturated heterocycles. The van der Waals surface area contributed by atoms with E-state index in [9.17, 15) is 9.59 Å². The molecule has 1 aliphatic carbocycles. The van der Waals surface area contributed by atoms with Gasteiger partial charge in [-0.2, -0.15) is 4.99 Å². The first kappa shape index (κ1) is 29.1. The second-order valence-corrected chi connectivity index (χ2v) is 11.3. The van der Waals surface area contributed by atoms with Gasteiger partial charge in [-0.3, -0.25) is 24.3 Å². The third-order valence-electron chi connectivity index (χ3n) is 8.51. The Morgan fingerprint density at radius 2 is 1.66 bits per heavy atom. The summed E-state index contributed by atoms with van der Waals surface area (Å²) in [6.45, 7) is 1.13. The molecule has 1 spiro atoms. The molecule has 2 fully saturated rings. The maximum absolute atomic E-state index is 13.6. The van der Waals surface area contributed by atoms with Gasteiger partial charge < -0.3 is 22.4 Å². The van der Waals surface area contributed by atoms with Gasteiger partial charge in [-0.15, -0.1) is 10.2 Å². The first-order chi connectivity index (χ1) is 21.2. The van der Waals surface area contributed by atoms with Crippen molar-refractivity contribution in [3.63, 3.8) is 0 Å². The van der Waals surface area contributed by atoms with Gasteiger partial charge in [0.1, 0.15) is 0 Å². The summed E-state index contributed by atoms with van der Waals surface area (Å²) in [5, 5.41) is 16.8. The third-order valence-corrected chi connectivity index (χ3v) is 8.77. The number of guanidine groups is 1. The fourth-order valence-corrected chi connectivity index (χ4v) is 6.44. The van der Waals surface area contributed by atoms with Gasteiger partial charge in [0.2, 0.25) is 17.6 Å². The summed E-state index contributed by atoms with van der Waals surface area (Å²) < 4.78 is 1.76. The number of halogens is 1. The van der Waals surface area contributed by atoms with Crippen molar-refractivity contribution < 1.29 is 9.59 Å². The molecule has 2 aliphatic heterocycles. The second kappa shape index (κ2) is 11.3. The summed E-state index contributed by atoms with van der Waals surface area (Å²) >= 11 is 6.06. The van der Waals surface area contributed by atoms with Gasteiger partial charge in [-0.25, -0.2) is 21.7 Å². The average molecular weight is 623 g/mol. The van der Waals surface area contributed by atoms with E-state index < -0.39 is 11.4 Å². The number of aryl methyl sites for hydroxylation is 1. The minimum Gasteiger partial charge on any atom is -0.339 e. The van der Waals surface area contributed by atoms with Crippen molar-refractivity contribution in [3.8, 4) is 0 Å². The number of fused-ring (bicyclic) bond motifs is 3. The number of likely N-dealkylation sites (tertiary alicyclic amines) is 1. The highest BCUT2D eigenvalue weighted by Gasteiger charge is 2.49. The smallest absolute Gasteiger partial charge is 0.302 e.